The van der Waals surface area contributed by atoms with E-state index in [0.29, 0.717) is 17.5 Å². The van der Waals surface area contributed by atoms with Gasteiger partial charge in [-0.3, -0.25) is 9.79 Å². The smallest absolute Gasteiger partial charge is 0.310 e. The van der Waals surface area contributed by atoms with Crippen LogP contribution in [0, 0.1) is 5.92 Å². The first kappa shape index (κ1) is 19.3. The van der Waals surface area contributed by atoms with E-state index in [2.05, 4.69) is 25.5 Å². The number of rotatable bonds is 6. The van der Waals surface area contributed by atoms with Crippen molar-refractivity contribution in [2.24, 2.45) is 10.9 Å². The Hall–Kier alpha value is -2.02. The van der Waals surface area contributed by atoms with Gasteiger partial charge in [0.05, 0.1) is 24.6 Å². The molecule has 8 heteroatoms. The molecule has 0 spiro atoms. The molecule has 1 aliphatic heterocycles. The summed E-state index contributed by atoms with van der Waals surface area (Å²) in [7, 11) is 1.39. The van der Waals surface area contributed by atoms with Crippen LogP contribution in [0.3, 0.4) is 0 Å². The molecule has 2 atom stereocenters. The summed E-state index contributed by atoms with van der Waals surface area (Å²) in [5, 5.41) is 7.30. The van der Waals surface area contributed by atoms with Gasteiger partial charge in [0, 0.05) is 31.9 Å². The van der Waals surface area contributed by atoms with E-state index < -0.39 is 0 Å². The highest BCUT2D eigenvalue weighted by Gasteiger charge is 2.25. The number of nitrogens with zero attached hydrogens (tertiary/aromatic N) is 3. The van der Waals surface area contributed by atoms with Gasteiger partial charge in [-0.2, -0.15) is 0 Å². The highest BCUT2D eigenvalue weighted by molar-refractivity contribution is 6.32. The first-order valence-corrected chi connectivity index (χ1v) is 8.91. The van der Waals surface area contributed by atoms with E-state index in [1.54, 1.807) is 13.1 Å². The average molecular weight is 368 g/mol. The molecule has 2 heterocycles. The van der Waals surface area contributed by atoms with Crippen molar-refractivity contribution in [3.8, 4) is 0 Å². The zero-order chi connectivity index (χ0) is 18.2. The predicted molar refractivity (Wildman–Crippen MR) is 100 cm³/mol. The van der Waals surface area contributed by atoms with E-state index in [9.17, 15) is 4.79 Å². The number of anilines is 1. The quantitative estimate of drug-likeness (QED) is 0.452. The van der Waals surface area contributed by atoms with Gasteiger partial charge >= 0.3 is 5.97 Å². The average Bonchev–Trinajstić information content (AvgIpc) is 3.07. The zero-order valence-electron chi connectivity index (χ0n) is 15.0. The molecule has 2 rings (SSSR count). The van der Waals surface area contributed by atoms with Crippen LogP contribution in [0.1, 0.15) is 20.3 Å². The Kier molecular flexibility index (Phi) is 7.31. The van der Waals surface area contributed by atoms with Gasteiger partial charge in [0.15, 0.2) is 5.96 Å². The van der Waals surface area contributed by atoms with Crippen LogP contribution >= 0.6 is 11.6 Å². The maximum atomic E-state index is 11.5. The van der Waals surface area contributed by atoms with Gasteiger partial charge < -0.3 is 20.3 Å². The van der Waals surface area contributed by atoms with Crippen LogP contribution in [0.4, 0.5) is 5.82 Å². The van der Waals surface area contributed by atoms with Crippen LogP contribution in [0.15, 0.2) is 23.3 Å². The van der Waals surface area contributed by atoms with Crippen LogP contribution < -0.4 is 15.5 Å². The summed E-state index contributed by atoms with van der Waals surface area (Å²) in [6.07, 6.45) is 2.71. The molecule has 1 aromatic rings. The van der Waals surface area contributed by atoms with E-state index in [1.165, 1.54) is 7.11 Å². The molecule has 1 saturated heterocycles. The van der Waals surface area contributed by atoms with Gasteiger partial charge in [0.1, 0.15) is 5.82 Å². The Labute approximate surface area is 153 Å². The summed E-state index contributed by atoms with van der Waals surface area (Å²) in [4.78, 5) is 22.5. The normalized spacial score (nSPS) is 18.8. The number of pyridine rings is 1. The third-order valence-corrected chi connectivity index (χ3v) is 4.33. The van der Waals surface area contributed by atoms with Crippen molar-refractivity contribution in [1.82, 2.24) is 15.6 Å². The van der Waals surface area contributed by atoms with Crippen LogP contribution in [-0.2, 0) is 9.53 Å². The number of methoxy groups -OCH3 is 1. The predicted octanol–water partition coefficient (Wildman–Crippen LogP) is 1.68. The minimum absolute atomic E-state index is 0.240. The number of guanidine groups is 1. The Balaban J connectivity index is 1.94. The second kappa shape index (κ2) is 9.46. The van der Waals surface area contributed by atoms with Gasteiger partial charge in [0.25, 0.3) is 0 Å². The molecule has 0 saturated carbocycles. The lowest BCUT2D eigenvalue weighted by Gasteiger charge is -2.20. The van der Waals surface area contributed by atoms with Gasteiger partial charge in [-0.1, -0.05) is 18.5 Å². The summed E-state index contributed by atoms with van der Waals surface area (Å²) < 4.78 is 4.74. The number of aromatic nitrogens is 1. The highest BCUT2D eigenvalue weighted by Crippen LogP contribution is 2.25. The van der Waals surface area contributed by atoms with Crippen molar-refractivity contribution in [2.75, 3.05) is 38.2 Å². The monoisotopic (exact) mass is 367 g/mol. The van der Waals surface area contributed by atoms with Crippen molar-refractivity contribution in [3.05, 3.63) is 23.4 Å². The maximum absolute atomic E-state index is 11.5. The lowest BCUT2D eigenvalue weighted by atomic mass is 10.2. The number of hydrogen-bond acceptors (Lipinski definition) is 5. The van der Waals surface area contributed by atoms with Crippen LogP contribution in [0.25, 0.3) is 0 Å². The molecule has 25 heavy (non-hydrogen) atoms. The fraction of sp³-hybridized carbons (Fsp3) is 0.588. The molecule has 138 valence electrons. The van der Waals surface area contributed by atoms with Crippen LogP contribution in [-0.4, -0.2) is 56.2 Å². The first-order chi connectivity index (χ1) is 12.0. The fourth-order valence-corrected chi connectivity index (χ4v) is 2.94. The first-order valence-electron chi connectivity index (χ1n) is 8.53. The van der Waals surface area contributed by atoms with Crippen molar-refractivity contribution in [1.29, 1.82) is 0 Å². The molecule has 1 fully saturated rings. The summed E-state index contributed by atoms with van der Waals surface area (Å²) in [5.41, 5.74) is 0. The number of halogens is 1. The third-order valence-electron chi connectivity index (χ3n) is 4.04. The minimum atomic E-state index is -0.271. The second-order valence-corrected chi connectivity index (χ2v) is 6.44. The lowest BCUT2D eigenvalue weighted by molar-refractivity contribution is -0.144. The number of hydrogen-bond donors (Lipinski definition) is 2. The maximum Gasteiger partial charge on any atom is 0.310 e. The number of carbonyl (C=O) groups is 1. The van der Waals surface area contributed by atoms with Gasteiger partial charge in [-0.05, 0) is 25.5 Å². The van der Waals surface area contributed by atoms with E-state index in [1.807, 2.05) is 19.1 Å². The van der Waals surface area contributed by atoms with E-state index in [-0.39, 0.29) is 17.9 Å². The molecule has 0 aliphatic carbocycles. The SMILES string of the molecule is CCNC(=NCC(C)C(=O)OC)NC1CCN(c2ncccc2Cl)C1. The largest absolute Gasteiger partial charge is 0.469 e. The molecule has 0 amide bonds. The van der Waals surface area contributed by atoms with Gasteiger partial charge in [0.2, 0.25) is 0 Å². The van der Waals surface area contributed by atoms with E-state index >= 15 is 0 Å². The summed E-state index contributed by atoms with van der Waals surface area (Å²) in [6.45, 7) is 6.63. The second-order valence-electron chi connectivity index (χ2n) is 6.03. The number of aliphatic imine (C=N–C) groups is 1. The Bertz CT molecular complexity index is 610. The highest BCUT2D eigenvalue weighted by atomic mass is 35.5. The Morgan fingerprint density at radius 2 is 2.40 bits per heavy atom. The van der Waals surface area contributed by atoms with Crippen LogP contribution in [0.2, 0.25) is 5.02 Å². The standard InChI is InChI=1S/C17H26ClN5O2/c1-4-19-17(21-10-12(2)16(24)25-3)22-13-7-9-23(11-13)15-14(18)6-5-8-20-15/h5-6,8,12-13H,4,7,9-11H2,1-3H3,(H2,19,21,22). The number of nitrogens with one attached hydrogen (secondary N) is 2. The van der Waals surface area contributed by atoms with Crippen molar-refractivity contribution in [2.45, 2.75) is 26.3 Å². The molecule has 0 aromatic carbocycles. The van der Waals surface area contributed by atoms with Crippen molar-refractivity contribution < 1.29 is 9.53 Å². The van der Waals surface area contributed by atoms with Gasteiger partial charge in [-0.15, -0.1) is 0 Å². The summed E-state index contributed by atoms with van der Waals surface area (Å²) in [6, 6.07) is 3.92. The molecule has 2 unspecified atom stereocenters. The van der Waals surface area contributed by atoms with Gasteiger partial charge in [-0.25, -0.2) is 4.98 Å². The topological polar surface area (TPSA) is 78.8 Å². The summed E-state index contributed by atoms with van der Waals surface area (Å²) >= 11 is 6.23. The Morgan fingerprint density at radius 1 is 1.60 bits per heavy atom. The van der Waals surface area contributed by atoms with Crippen molar-refractivity contribution >= 4 is 29.3 Å². The molecular weight excluding hydrogens is 342 g/mol. The molecular formula is C17H26ClN5O2. The molecule has 0 bridgehead atoms. The number of esters is 1. The number of ether oxygens (including phenoxy) is 1. The minimum Gasteiger partial charge on any atom is -0.469 e. The number of carbonyl (C=O) groups excluding carboxylic acids is 1. The van der Waals surface area contributed by atoms with Crippen molar-refractivity contribution in [3.63, 3.8) is 0 Å². The van der Waals surface area contributed by atoms with E-state index in [0.717, 1.165) is 31.9 Å². The zero-order valence-corrected chi connectivity index (χ0v) is 15.7. The summed E-state index contributed by atoms with van der Waals surface area (Å²) in [5.74, 6) is 0.997. The third kappa shape index (κ3) is 5.49. The van der Waals surface area contributed by atoms with Crippen LogP contribution in [0.5, 0.6) is 0 Å². The van der Waals surface area contributed by atoms with E-state index in [4.69, 9.17) is 16.3 Å². The fourth-order valence-electron chi connectivity index (χ4n) is 2.70. The Morgan fingerprint density at radius 3 is 3.08 bits per heavy atom. The molecule has 0 radical (unpaired) electrons. The molecule has 1 aliphatic rings. The molecule has 7 nitrogen and oxygen atoms in total. The molecule has 1 aromatic heterocycles. The molecule has 2 N–H and O–H groups in total. The lowest BCUT2D eigenvalue weighted by Crippen LogP contribution is -2.45.